The second-order valence-electron chi connectivity index (χ2n) is 9.73. The van der Waals surface area contributed by atoms with Crippen molar-refractivity contribution < 1.29 is 28.0 Å². The molecule has 0 amide bonds. The topological polar surface area (TPSA) is 74.2 Å². The molecule has 0 bridgehead atoms. The second-order valence-corrected chi connectivity index (χ2v) is 11.1. The quantitative estimate of drug-likeness (QED) is 0.135. The summed E-state index contributed by atoms with van der Waals surface area (Å²) in [6.07, 6.45) is 8.08. The lowest BCUT2D eigenvalue weighted by Crippen LogP contribution is -2.34. The molecule has 4 unspecified atom stereocenters. The van der Waals surface area contributed by atoms with E-state index in [1.807, 2.05) is 60.7 Å². The van der Waals surface area contributed by atoms with Gasteiger partial charge in [0.05, 0.1) is 0 Å². The number of phosphoric ester groups is 1. The van der Waals surface area contributed by atoms with Crippen molar-refractivity contribution in [3.8, 4) is 11.5 Å². The van der Waals surface area contributed by atoms with Gasteiger partial charge in [-0.3, -0.25) is 9.05 Å². The van der Waals surface area contributed by atoms with Crippen molar-refractivity contribution in [2.24, 2.45) is 0 Å². The van der Waals surface area contributed by atoms with Crippen molar-refractivity contribution in [2.75, 3.05) is 0 Å². The van der Waals surface area contributed by atoms with E-state index >= 15 is 0 Å². The molecule has 7 heteroatoms. The number of hydrogen-bond donors (Lipinski definition) is 1. The van der Waals surface area contributed by atoms with E-state index in [0.29, 0.717) is 11.5 Å². The van der Waals surface area contributed by atoms with Crippen molar-refractivity contribution >= 4 is 7.82 Å². The standard InChI is InChI=1S/C30H47O6P/c1-5-7-9-17-23-29(33-27-19-13-11-14-20-27)25(3)35-37(31,32)36-26(4)30(24-18-10-8-6-2)34-28-21-15-12-16-22-28/h11-16,19-22,25-26,29-30H,5-10,17-18,23-24H2,1-4H3,(H,31,32). The van der Waals surface area contributed by atoms with Crippen molar-refractivity contribution in [2.45, 2.75) is 116 Å². The summed E-state index contributed by atoms with van der Waals surface area (Å²) >= 11 is 0. The molecule has 37 heavy (non-hydrogen) atoms. The summed E-state index contributed by atoms with van der Waals surface area (Å²) in [5.41, 5.74) is 0. The van der Waals surface area contributed by atoms with E-state index in [9.17, 15) is 9.46 Å². The summed E-state index contributed by atoms with van der Waals surface area (Å²) in [5.74, 6) is 1.42. The van der Waals surface area contributed by atoms with Crippen molar-refractivity contribution in [1.82, 2.24) is 0 Å². The van der Waals surface area contributed by atoms with Crippen molar-refractivity contribution in [3.63, 3.8) is 0 Å². The minimum absolute atomic E-state index is 0.371. The Labute approximate surface area is 224 Å². The van der Waals surface area contributed by atoms with Gasteiger partial charge in [-0.1, -0.05) is 88.8 Å². The maximum absolute atomic E-state index is 13.1. The van der Waals surface area contributed by atoms with Crippen LogP contribution in [0, 0.1) is 0 Å². The van der Waals surface area contributed by atoms with Gasteiger partial charge >= 0.3 is 7.82 Å². The van der Waals surface area contributed by atoms with Crippen LogP contribution in [-0.2, 0) is 13.6 Å². The number of rotatable bonds is 20. The molecule has 208 valence electrons. The van der Waals surface area contributed by atoms with Gasteiger partial charge in [-0.05, 0) is 63.8 Å². The van der Waals surface area contributed by atoms with E-state index in [1.54, 1.807) is 13.8 Å². The van der Waals surface area contributed by atoms with Crippen LogP contribution in [0.25, 0.3) is 0 Å². The summed E-state index contributed by atoms with van der Waals surface area (Å²) in [5, 5.41) is 0. The average molecular weight is 535 g/mol. The monoisotopic (exact) mass is 534 g/mol. The van der Waals surface area contributed by atoms with Gasteiger partial charge in [0.1, 0.15) is 35.9 Å². The molecule has 2 aromatic rings. The summed E-state index contributed by atoms with van der Waals surface area (Å²) in [6, 6.07) is 19.0. The molecule has 0 heterocycles. The van der Waals surface area contributed by atoms with Crippen LogP contribution in [0.2, 0.25) is 0 Å². The highest BCUT2D eigenvalue weighted by Crippen LogP contribution is 2.47. The molecule has 2 aromatic carbocycles. The van der Waals surface area contributed by atoms with Crippen molar-refractivity contribution in [3.05, 3.63) is 60.7 Å². The first-order valence-corrected chi connectivity index (χ1v) is 15.5. The number of para-hydroxylation sites is 2. The molecule has 0 fully saturated rings. The fourth-order valence-corrected chi connectivity index (χ4v) is 5.41. The molecule has 2 rings (SSSR count). The number of unbranched alkanes of at least 4 members (excludes halogenated alkanes) is 6. The molecule has 0 spiro atoms. The van der Waals surface area contributed by atoms with Gasteiger partial charge in [0.25, 0.3) is 0 Å². The Bertz CT molecular complexity index is 809. The van der Waals surface area contributed by atoms with Gasteiger partial charge in [-0.15, -0.1) is 0 Å². The van der Waals surface area contributed by atoms with E-state index in [-0.39, 0.29) is 12.2 Å². The fraction of sp³-hybridized carbons (Fsp3) is 0.600. The largest absolute Gasteiger partial charge is 0.488 e. The Kier molecular flexibility index (Phi) is 14.9. The zero-order valence-corrected chi connectivity index (χ0v) is 24.0. The van der Waals surface area contributed by atoms with Crippen LogP contribution in [0.4, 0.5) is 0 Å². The molecule has 6 nitrogen and oxygen atoms in total. The van der Waals surface area contributed by atoms with E-state index in [1.165, 1.54) is 0 Å². The molecule has 0 aliphatic carbocycles. The lowest BCUT2D eigenvalue weighted by atomic mass is 10.1. The second kappa shape index (κ2) is 17.6. The Morgan fingerprint density at radius 1 is 0.649 bits per heavy atom. The van der Waals surface area contributed by atoms with Gasteiger partial charge in [-0.25, -0.2) is 4.57 Å². The normalized spacial score (nSPS) is 16.4. The molecule has 0 saturated carbocycles. The number of benzene rings is 2. The predicted octanol–water partition coefficient (Wildman–Crippen LogP) is 8.73. The highest BCUT2D eigenvalue weighted by Gasteiger charge is 2.34. The lowest BCUT2D eigenvalue weighted by molar-refractivity contribution is -0.00443. The molecule has 0 aromatic heterocycles. The van der Waals surface area contributed by atoms with Gasteiger partial charge < -0.3 is 14.4 Å². The SMILES string of the molecule is CCCCCCC(Oc1ccccc1)C(C)OP(=O)(O)OC(C)C(CCCCCC)Oc1ccccc1. The highest BCUT2D eigenvalue weighted by atomic mass is 31.2. The highest BCUT2D eigenvalue weighted by molar-refractivity contribution is 7.47. The minimum Gasteiger partial charge on any atom is -0.488 e. The van der Waals surface area contributed by atoms with Gasteiger partial charge in [0.2, 0.25) is 0 Å². The Morgan fingerprint density at radius 3 is 1.38 bits per heavy atom. The van der Waals surface area contributed by atoms with Crippen LogP contribution >= 0.6 is 7.82 Å². The maximum Gasteiger partial charge on any atom is 0.472 e. The molecular formula is C30H47O6P. The summed E-state index contributed by atoms with van der Waals surface area (Å²) in [6.45, 7) is 7.88. The molecule has 0 aliphatic heterocycles. The summed E-state index contributed by atoms with van der Waals surface area (Å²) in [7, 11) is -4.37. The third-order valence-corrected chi connectivity index (χ3v) is 7.59. The van der Waals surface area contributed by atoms with Gasteiger partial charge in [0, 0.05) is 0 Å². The van der Waals surface area contributed by atoms with Crippen molar-refractivity contribution in [1.29, 1.82) is 0 Å². The molecule has 0 aliphatic rings. The van der Waals surface area contributed by atoms with Crippen LogP contribution in [0.1, 0.15) is 91.9 Å². The zero-order chi connectivity index (χ0) is 26.9. The number of phosphoric acid groups is 1. The first kappa shape index (κ1) is 31.4. The first-order valence-electron chi connectivity index (χ1n) is 14.0. The minimum atomic E-state index is -4.37. The molecule has 0 saturated heterocycles. The zero-order valence-electron chi connectivity index (χ0n) is 23.1. The smallest absolute Gasteiger partial charge is 0.472 e. The Balaban J connectivity index is 2.03. The van der Waals surface area contributed by atoms with Crippen LogP contribution in [0.3, 0.4) is 0 Å². The van der Waals surface area contributed by atoms with E-state index in [4.69, 9.17) is 18.5 Å². The Hall–Kier alpha value is -1.85. The fourth-order valence-electron chi connectivity index (χ4n) is 4.25. The summed E-state index contributed by atoms with van der Waals surface area (Å²) in [4.78, 5) is 10.7. The Morgan fingerprint density at radius 2 is 1.03 bits per heavy atom. The number of ether oxygens (including phenoxy) is 2. The third kappa shape index (κ3) is 13.0. The maximum atomic E-state index is 13.1. The van der Waals surface area contributed by atoms with Crippen LogP contribution < -0.4 is 9.47 Å². The number of hydrogen-bond acceptors (Lipinski definition) is 5. The molecular weight excluding hydrogens is 487 g/mol. The molecule has 0 radical (unpaired) electrons. The predicted molar refractivity (Wildman–Crippen MR) is 150 cm³/mol. The third-order valence-electron chi connectivity index (χ3n) is 6.39. The molecule has 1 N–H and O–H groups in total. The van der Waals surface area contributed by atoms with E-state index in [0.717, 1.165) is 64.2 Å². The lowest BCUT2D eigenvalue weighted by Gasteiger charge is -2.30. The van der Waals surface area contributed by atoms with E-state index < -0.39 is 20.0 Å². The van der Waals surface area contributed by atoms with Gasteiger partial charge in [0.15, 0.2) is 0 Å². The van der Waals surface area contributed by atoms with Gasteiger partial charge in [-0.2, -0.15) is 0 Å². The first-order chi connectivity index (χ1) is 17.8. The average Bonchev–Trinajstić information content (AvgIpc) is 2.88. The van der Waals surface area contributed by atoms with E-state index in [2.05, 4.69) is 13.8 Å². The van der Waals surface area contributed by atoms with Crippen LogP contribution in [0.15, 0.2) is 60.7 Å². The van der Waals surface area contributed by atoms with Crippen LogP contribution in [0.5, 0.6) is 11.5 Å². The summed E-state index contributed by atoms with van der Waals surface area (Å²) < 4.78 is 36.7. The molecule has 4 atom stereocenters. The van der Waals surface area contributed by atoms with Crippen LogP contribution in [-0.4, -0.2) is 29.3 Å².